The summed E-state index contributed by atoms with van der Waals surface area (Å²) in [7, 11) is 0. The molecule has 0 aromatic rings. The molecule has 0 spiro atoms. The van der Waals surface area contributed by atoms with Crippen LogP contribution >= 0.6 is 0 Å². The van der Waals surface area contributed by atoms with Crippen molar-refractivity contribution in [3.63, 3.8) is 0 Å². The molecular formula is C12H26N2O. The van der Waals surface area contributed by atoms with Crippen molar-refractivity contribution in [3.8, 4) is 0 Å². The van der Waals surface area contributed by atoms with E-state index in [2.05, 4.69) is 31.0 Å². The second-order valence-electron chi connectivity index (χ2n) is 4.74. The van der Waals surface area contributed by atoms with Crippen molar-refractivity contribution < 1.29 is 4.74 Å². The molecule has 0 atom stereocenters. The first-order chi connectivity index (χ1) is 7.24. The average Bonchev–Trinajstić information content (AvgIpc) is 2.12. The first kappa shape index (κ1) is 12.9. The highest BCUT2D eigenvalue weighted by atomic mass is 16.5. The maximum absolute atomic E-state index is 5.63. The molecule has 1 saturated heterocycles. The zero-order valence-corrected chi connectivity index (χ0v) is 10.5. The summed E-state index contributed by atoms with van der Waals surface area (Å²) in [5.74, 6) is 0.753. The van der Waals surface area contributed by atoms with E-state index in [1.165, 1.54) is 6.42 Å². The maximum atomic E-state index is 5.63. The molecule has 15 heavy (non-hydrogen) atoms. The first-order valence-electron chi connectivity index (χ1n) is 6.26. The van der Waals surface area contributed by atoms with Gasteiger partial charge in [0.1, 0.15) is 0 Å². The summed E-state index contributed by atoms with van der Waals surface area (Å²) in [6, 6.07) is 0.753. The normalized spacial score (nSPS) is 17.4. The lowest BCUT2D eigenvalue weighted by Gasteiger charge is -2.37. The first-order valence-corrected chi connectivity index (χ1v) is 6.26. The van der Waals surface area contributed by atoms with E-state index < -0.39 is 0 Å². The van der Waals surface area contributed by atoms with E-state index >= 15 is 0 Å². The predicted octanol–water partition coefficient (Wildman–Crippen LogP) is 1.34. The van der Waals surface area contributed by atoms with Crippen LogP contribution in [-0.4, -0.2) is 50.3 Å². The number of likely N-dealkylation sites (N-methyl/N-ethyl adjacent to an activating group) is 1. The largest absolute Gasteiger partial charge is 0.380 e. The Hall–Kier alpha value is -0.120. The number of nitrogens with zero attached hydrogens (tertiary/aromatic N) is 1. The Morgan fingerprint density at radius 2 is 2.07 bits per heavy atom. The van der Waals surface area contributed by atoms with Crippen LogP contribution in [0.5, 0.6) is 0 Å². The highest BCUT2D eigenvalue weighted by Gasteiger charge is 2.22. The standard InChI is InChI=1S/C12H26N2O/c1-4-14(12-9-13-10-12)6-8-15-7-5-11(2)3/h11-13H,4-10H2,1-3H3. The summed E-state index contributed by atoms with van der Waals surface area (Å²) in [6.45, 7) is 13.0. The molecule has 1 heterocycles. The molecule has 0 aromatic carbocycles. The van der Waals surface area contributed by atoms with Crippen LogP contribution in [0.4, 0.5) is 0 Å². The van der Waals surface area contributed by atoms with Gasteiger partial charge in [0, 0.05) is 32.3 Å². The third-order valence-electron chi connectivity index (χ3n) is 3.04. The van der Waals surface area contributed by atoms with Gasteiger partial charge in [0.25, 0.3) is 0 Å². The molecular weight excluding hydrogens is 188 g/mol. The summed E-state index contributed by atoms with van der Waals surface area (Å²) in [5, 5.41) is 3.31. The summed E-state index contributed by atoms with van der Waals surface area (Å²) in [4.78, 5) is 2.51. The lowest BCUT2D eigenvalue weighted by atomic mass is 10.1. The molecule has 90 valence electrons. The molecule has 0 aliphatic carbocycles. The van der Waals surface area contributed by atoms with E-state index in [9.17, 15) is 0 Å². The molecule has 0 radical (unpaired) electrons. The van der Waals surface area contributed by atoms with Crippen LogP contribution in [0.25, 0.3) is 0 Å². The second-order valence-corrected chi connectivity index (χ2v) is 4.74. The van der Waals surface area contributed by atoms with Crippen molar-refractivity contribution in [2.45, 2.75) is 33.2 Å². The highest BCUT2D eigenvalue weighted by molar-refractivity contribution is 4.83. The fourth-order valence-electron chi connectivity index (χ4n) is 1.73. The molecule has 1 rings (SSSR count). The van der Waals surface area contributed by atoms with Crippen LogP contribution in [-0.2, 0) is 4.74 Å². The van der Waals surface area contributed by atoms with E-state index in [-0.39, 0.29) is 0 Å². The minimum atomic E-state index is 0.753. The Balaban J connectivity index is 1.97. The Morgan fingerprint density at radius 3 is 2.53 bits per heavy atom. The molecule has 1 fully saturated rings. The minimum absolute atomic E-state index is 0.753. The number of rotatable bonds is 8. The van der Waals surface area contributed by atoms with Crippen molar-refractivity contribution in [1.29, 1.82) is 0 Å². The molecule has 3 heteroatoms. The van der Waals surface area contributed by atoms with E-state index in [0.29, 0.717) is 0 Å². The van der Waals surface area contributed by atoms with Crippen LogP contribution in [0.3, 0.4) is 0 Å². The van der Waals surface area contributed by atoms with Crippen molar-refractivity contribution in [1.82, 2.24) is 10.2 Å². The second kappa shape index (κ2) is 7.20. The number of hydrogen-bond acceptors (Lipinski definition) is 3. The molecule has 1 aliphatic rings. The van der Waals surface area contributed by atoms with Crippen molar-refractivity contribution >= 4 is 0 Å². The smallest absolute Gasteiger partial charge is 0.0593 e. The minimum Gasteiger partial charge on any atom is -0.380 e. The van der Waals surface area contributed by atoms with Crippen molar-refractivity contribution in [2.24, 2.45) is 5.92 Å². The highest BCUT2D eigenvalue weighted by Crippen LogP contribution is 2.04. The van der Waals surface area contributed by atoms with Gasteiger partial charge in [-0.05, 0) is 18.9 Å². The Bertz CT molecular complexity index is 158. The molecule has 0 amide bonds. The number of ether oxygens (including phenoxy) is 1. The van der Waals surface area contributed by atoms with Gasteiger partial charge in [-0.3, -0.25) is 4.90 Å². The van der Waals surface area contributed by atoms with Gasteiger partial charge in [0.05, 0.1) is 6.61 Å². The summed E-state index contributed by atoms with van der Waals surface area (Å²) < 4.78 is 5.63. The van der Waals surface area contributed by atoms with Crippen LogP contribution in [0, 0.1) is 5.92 Å². The zero-order valence-electron chi connectivity index (χ0n) is 10.5. The van der Waals surface area contributed by atoms with Crippen LogP contribution in [0.1, 0.15) is 27.2 Å². The van der Waals surface area contributed by atoms with Crippen molar-refractivity contribution in [3.05, 3.63) is 0 Å². The van der Waals surface area contributed by atoms with Crippen molar-refractivity contribution in [2.75, 3.05) is 39.4 Å². The van der Waals surface area contributed by atoms with Crippen LogP contribution in [0.15, 0.2) is 0 Å². The lowest BCUT2D eigenvalue weighted by molar-refractivity contribution is 0.0706. The van der Waals surface area contributed by atoms with E-state index in [1.807, 2.05) is 0 Å². The topological polar surface area (TPSA) is 24.5 Å². The van der Waals surface area contributed by atoms with Gasteiger partial charge >= 0.3 is 0 Å². The Kier molecular flexibility index (Phi) is 6.22. The van der Waals surface area contributed by atoms with Gasteiger partial charge in [-0.25, -0.2) is 0 Å². The zero-order chi connectivity index (χ0) is 11.1. The quantitative estimate of drug-likeness (QED) is 0.617. The SMILES string of the molecule is CCN(CCOCCC(C)C)C1CNC1. The molecule has 0 saturated carbocycles. The molecule has 3 nitrogen and oxygen atoms in total. The van der Waals surface area contributed by atoms with Gasteiger partial charge < -0.3 is 10.1 Å². The molecule has 0 aromatic heterocycles. The molecule has 0 unspecified atom stereocenters. The summed E-state index contributed by atoms with van der Waals surface area (Å²) >= 11 is 0. The fourth-order valence-corrected chi connectivity index (χ4v) is 1.73. The third-order valence-corrected chi connectivity index (χ3v) is 3.04. The predicted molar refractivity (Wildman–Crippen MR) is 64.2 cm³/mol. The summed E-state index contributed by atoms with van der Waals surface area (Å²) in [5.41, 5.74) is 0. The summed E-state index contributed by atoms with van der Waals surface area (Å²) in [6.07, 6.45) is 1.18. The molecule has 1 aliphatic heterocycles. The van der Waals surface area contributed by atoms with Gasteiger partial charge in [-0.15, -0.1) is 0 Å². The molecule has 1 N–H and O–H groups in total. The van der Waals surface area contributed by atoms with Gasteiger partial charge in [-0.2, -0.15) is 0 Å². The van der Waals surface area contributed by atoms with Gasteiger partial charge in [-0.1, -0.05) is 20.8 Å². The van der Waals surface area contributed by atoms with Crippen LogP contribution < -0.4 is 5.32 Å². The number of nitrogens with one attached hydrogen (secondary N) is 1. The average molecular weight is 214 g/mol. The Labute approximate surface area is 94.2 Å². The van der Waals surface area contributed by atoms with E-state index in [0.717, 1.165) is 51.4 Å². The Morgan fingerprint density at radius 1 is 1.33 bits per heavy atom. The van der Waals surface area contributed by atoms with Gasteiger partial charge in [0.2, 0.25) is 0 Å². The maximum Gasteiger partial charge on any atom is 0.0593 e. The monoisotopic (exact) mass is 214 g/mol. The van der Waals surface area contributed by atoms with E-state index in [4.69, 9.17) is 4.74 Å². The molecule has 0 bridgehead atoms. The number of hydrogen-bond donors (Lipinski definition) is 1. The third kappa shape index (κ3) is 4.96. The van der Waals surface area contributed by atoms with E-state index in [1.54, 1.807) is 0 Å². The van der Waals surface area contributed by atoms with Crippen LogP contribution in [0.2, 0.25) is 0 Å². The lowest BCUT2D eigenvalue weighted by Crippen LogP contribution is -2.57. The van der Waals surface area contributed by atoms with Gasteiger partial charge in [0.15, 0.2) is 0 Å². The fraction of sp³-hybridized carbons (Fsp3) is 1.00.